The molecule has 27 heavy (non-hydrogen) atoms. The summed E-state index contributed by atoms with van der Waals surface area (Å²) in [6.07, 6.45) is 0.674. The molecule has 1 saturated carbocycles. The highest BCUT2D eigenvalue weighted by atomic mass is 35.5. The van der Waals surface area contributed by atoms with Crippen LogP contribution in [0.3, 0.4) is 0 Å². The minimum Gasteiger partial charge on any atom is -0.309 e. The van der Waals surface area contributed by atoms with E-state index in [1.54, 1.807) is 19.1 Å². The number of halogens is 3. The van der Waals surface area contributed by atoms with Crippen LogP contribution in [0.2, 0.25) is 5.02 Å². The number of amides is 1. The lowest BCUT2D eigenvalue weighted by Gasteiger charge is -2.08. The summed E-state index contributed by atoms with van der Waals surface area (Å²) in [6.45, 7) is 1.49. The van der Waals surface area contributed by atoms with Crippen LogP contribution >= 0.6 is 11.6 Å². The lowest BCUT2D eigenvalue weighted by molar-refractivity contribution is -0.116. The van der Waals surface area contributed by atoms with Crippen molar-refractivity contribution in [2.45, 2.75) is 38.7 Å². The summed E-state index contributed by atoms with van der Waals surface area (Å²) in [5.74, 6) is 0.173. The summed E-state index contributed by atoms with van der Waals surface area (Å²) in [7, 11) is 0. The molecule has 4 rings (SSSR count). The predicted octanol–water partition coefficient (Wildman–Crippen LogP) is 4.24. The van der Waals surface area contributed by atoms with E-state index in [1.165, 1.54) is 16.9 Å². The van der Waals surface area contributed by atoms with Crippen LogP contribution < -0.4 is 5.32 Å². The predicted molar refractivity (Wildman–Crippen MR) is 97.1 cm³/mol. The van der Waals surface area contributed by atoms with Gasteiger partial charge in [0.25, 0.3) is 6.43 Å². The average molecular weight is 392 g/mol. The normalized spacial score (nSPS) is 14.1. The summed E-state index contributed by atoms with van der Waals surface area (Å²) < 4.78 is 28.5. The first-order valence-electron chi connectivity index (χ1n) is 8.50. The fraction of sp³-hybridized carbons (Fsp3) is 0.333. The largest absolute Gasteiger partial charge is 0.309 e. The molecule has 6 nitrogen and oxygen atoms in total. The number of hydrogen-bond acceptors (Lipinski definition) is 4. The van der Waals surface area contributed by atoms with Gasteiger partial charge in [-0.25, -0.2) is 23.4 Å². The monoisotopic (exact) mass is 391 g/mol. The van der Waals surface area contributed by atoms with Gasteiger partial charge in [-0.2, -0.15) is 5.10 Å². The molecule has 0 aliphatic heterocycles. The van der Waals surface area contributed by atoms with E-state index >= 15 is 0 Å². The molecule has 0 bridgehead atoms. The van der Waals surface area contributed by atoms with Gasteiger partial charge in [-0.15, -0.1) is 0 Å². The maximum Gasteiger partial charge on any atom is 0.264 e. The molecular formula is C18H16ClF2N5O. The number of alkyl halides is 2. The van der Waals surface area contributed by atoms with Gasteiger partial charge < -0.3 is 5.32 Å². The van der Waals surface area contributed by atoms with Crippen LogP contribution in [0.5, 0.6) is 0 Å². The number of hydrogen-bond donors (Lipinski definition) is 1. The van der Waals surface area contributed by atoms with Crippen molar-refractivity contribution in [2.24, 2.45) is 0 Å². The number of carbonyl (C=O) groups excluding carboxylic acids is 1. The zero-order valence-electron chi connectivity index (χ0n) is 14.4. The first-order valence-corrected chi connectivity index (χ1v) is 8.87. The van der Waals surface area contributed by atoms with Crippen molar-refractivity contribution in [1.29, 1.82) is 0 Å². The van der Waals surface area contributed by atoms with E-state index in [2.05, 4.69) is 20.4 Å². The van der Waals surface area contributed by atoms with Crippen molar-refractivity contribution < 1.29 is 13.6 Å². The Labute approximate surface area is 158 Å². The number of nitrogens with zero attached hydrogens (tertiary/aromatic N) is 4. The Morgan fingerprint density at radius 2 is 2.19 bits per heavy atom. The topological polar surface area (TPSA) is 72.7 Å². The molecule has 1 amide bonds. The number of nitrogens with one attached hydrogen (secondary N) is 1. The number of anilines is 1. The molecule has 1 N–H and O–H groups in total. The molecule has 1 fully saturated rings. The fourth-order valence-electron chi connectivity index (χ4n) is 3.05. The fourth-order valence-corrected chi connectivity index (χ4v) is 3.16. The maximum atomic E-state index is 13.6. The standard InChI is InChI=1S/C18H16ClF2N5O/c1-9-16-12(17(20)21)6-13(10-2-3-10)23-18(16)26(25-9)8-15(27)24-14-5-4-11(19)7-22-14/h4-7,10,17H,2-3,8H2,1H3,(H,22,24,27). The van der Waals surface area contributed by atoms with Gasteiger partial charge in [0.2, 0.25) is 5.91 Å². The molecule has 140 valence electrons. The molecule has 0 atom stereocenters. The smallest absolute Gasteiger partial charge is 0.264 e. The molecule has 3 aromatic heterocycles. The van der Waals surface area contributed by atoms with Crippen molar-refractivity contribution in [3.8, 4) is 0 Å². The highest BCUT2D eigenvalue weighted by Gasteiger charge is 2.29. The zero-order valence-corrected chi connectivity index (χ0v) is 15.2. The molecule has 0 radical (unpaired) electrons. The van der Waals surface area contributed by atoms with Gasteiger partial charge in [0.15, 0.2) is 5.65 Å². The van der Waals surface area contributed by atoms with Crippen molar-refractivity contribution in [1.82, 2.24) is 19.7 Å². The maximum absolute atomic E-state index is 13.6. The Morgan fingerprint density at radius 1 is 1.41 bits per heavy atom. The summed E-state index contributed by atoms with van der Waals surface area (Å²) in [4.78, 5) is 20.9. The highest BCUT2D eigenvalue weighted by Crippen LogP contribution is 2.41. The number of carbonyl (C=O) groups is 1. The third-order valence-corrected chi connectivity index (χ3v) is 4.67. The number of aromatic nitrogens is 4. The third-order valence-electron chi connectivity index (χ3n) is 4.45. The van der Waals surface area contributed by atoms with E-state index in [0.29, 0.717) is 33.3 Å². The SMILES string of the molecule is Cc1nn(CC(=O)Nc2ccc(Cl)cn2)c2nc(C3CC3)cc(C(F)F)c12. The number of fused-ring (bicyclic) bond motifs is 1. The molecule has 0 spiro atoms. The third kappa shape index (κ3) is 3.62. The Hall–Kier alpha value is -2.61. The van der Waals surface area contributed by atoms with Crippen LogP contribution in [-0.2, 0) is 11.3 Å². The van der Waals surface area contributed by atoms with Gasteiger partial charge in [0.05, 0.1) is 16.1 Å². The lowest BCUT2D eigenvalue weighted by Crippen LogP contribution is -2.20. The molecule has 1 aliphatic rings. The van der Waals surface area contributed by atoms with Gasteiger partial charge in [0, 0.05) is 23.4 Å². The molecular weight excluding hydrogens is 376 g/mol. The molecule has 9 heteroatoms. The van der Waals surface area contributed by atoms with E-state index in [9.17, 15) is 13.6 Å². The van der Waals surface area contributed by atoms with Crippen LogP contribution in [0.15, 0.2) is 24.4 Å². The van der Waals surface area contributed by atoms with E-state index in [0.717, 1.165) is 12.8 Å². The second kappa shape index (κ2) is 6.84. The van der Waals surface area contributed by atoms with Crippen molar-refractivity contribution in [3.05, 3.63) is 46.4 Å². The lowest BCUT2D eigenvalue weighted by atomic mass is 10.1. The minimum atomic E-state index is -2.63. The Kier molecular flexibility index (Phi) is 4.51. The van der Waals surface area contributed by atoms with E-state index in [1.807, 2.05) is 0 Å². The molecule has 0 aromatic carbocycles. The van der Waals surface area contributed by atoms with Gasteiger partial charge in [-0.05, 0) is 38.0 Å². The zero-order chi connectivity index (χ0) is 19.1. The minimum absolute atomic E-state index is 0.0783. The summed E-state index contributed by atoms with van der Waals surface area (Å²) in [5, 5.41) is 7.67. The molecule has 0 saturated heterocycles. The van der Waals surface area contributed by atoms with E-state index in [-0.39, 0.29) is 23.9 Å². The number of aryl methyl sites for hydroxylation is 1. The molecule has 0 unspecified atom stereocenters. The van der Waals surface area contributed by atoms with E-state index < -0.39 is 6.43 Å². The first-order chi connectivity index (χ1) is 12.9. The molecule has 1 aliphatic carbocycles. The van der Waals surface area contributed by atoms with Crippen molar-refractivity contribution >= 4 is 34.4 Å². The van der Waals surface area contributed by atoms with E-state index in [4.69, 9.17) is 11.6 Å². The highest BCUT2D eigenvalue weighted by molar-refractivity contribution is 6.30. The quantitative estimate of drug-likeness (QED) is 0.706. The van der Waals surface area contributed by atoms with Gasteiger partial charge in [0.1, 0.15) is 12.4 Å². The average Bonchev–Trinajstić information content (AvgIpc) is 3.42. The Balaban J connectivity index is 1.67. The van der Waals surface area contributed by atoms with Crippen LogP contribution in [0.25, 0.3) is 11.0 Å². The second-order valence-electron chi connectivity index (χ2n) is 6.56. The number of pyridine rings is 2. The second-order valence-corrected chi connectivity index (χ2v) is 7.00. The summed E-state index contributed by atoms with van der Waals surface area (Å²) >= 11 is 5.77. The Bertz CT molecular complexity index is 1010. The van der Waals surface area contributed by atoms with Crippen molar-refractivity contribution in [2.75, 3.05) is 5.32 Å². The summed E-state index contributed by atoms with van der Waals surface area (Å²) in [5.41, 5.74) is 1.29. The molecule has 3 aromatic rings. The van der Waals surface area contributed by atoms with Gasteiger partial charge in [-0.3, -0.25) is 4.79 Å². The van der Waals surface area contributed by atoms with Crippen LogP contribution in [0.4, 0.5) is 14.6 Å². The van der Waals surface area contributed by atoms with Crippen LogP contribution in [-0.4, -0.2) is 25.7 Å². The number of rotatable bonds is 5. The molecule has 3 heterocycles. The van der Waals surface area contributed by atoms with Gasteiger partial charge in [-0.1, -0.05) is 11.6 Å². The van der Waals surface area contributed by atoms with Gasteiger partial charge >= 0.3 is 0 Å². The van der Waals surface area contributed by atoms with Crippen molar-refractivity contribution in [3.63, 3.8) is 0 Å². The Morgan fingerprint density at radius 3 is 2.81 bits per heavy atom. The van der Waals surface area contributed by atoms with Crippen LogP contribution in [0, 0.1) is 6.92 Å². The summed E-state index contributed by atoms with van der Waals surface area (Å²) in [6, 6.07) is 4.66. The van der Waals surface area contributed by atoms with Crippen LogP contribution in [0.1, 0.15) is 42.1 Å². The first kappa shape index (κ1) is 17.8.